The zero-order valence-electron chi connectivity index (χ0n) is 22.2. The first kappa shape index (κ1) is 24.7. The van der Waals surface area contributed by atoms with Crippen molar-refractivity contribution < 1.29 is 0 Å². The lowest BCUT2D eigenvalue weighted by Gasteiger charge is -2.25. The third-order valence-electron chi connectivity index (χ3n) is 6.84. The maximum atomic E-state index is 2.33. The molecular weight excluding hydrogens is 492 g/mol. The van der Waals surface area contributed by atoms with Gasteiger partial charge in [-0.1, -0.05) is 83.9 Å². The summed E-state index contributed by atoms with van der Waals surface area (Å²) >= 11 is 1.81. The van der Waals surface area contributed by atoms with Crippen LogP contribution < -0.4 is 9.80 Å². The van der Waals surface area contributed by atoms with Crippen molar-refractivity contribution in [2.45, 2.75) is 13.8 Å². The molecule has 0 atom stereocenters. The molecule has 5 aromatic carbocycles. The van der Waals surface area contributed by atoms with E-state index in [0.29, 0.717) is 0 Å². The maximum Gasteiger partial charge on any atom is 0.101 e. The summed E-state index contributed by atoms with van der Waals surface area (Å²) in [6, 6.07) is 51.9. The topological polar surface area (TPSA) is 6.48 Å². The molecule has 0 aliphatic carbocycles. The number of thiophene rings is 1. The molecule has 0 saturated heterocycles. The summed E-state index contributed by atoms with van der Waals surface area (Å²) in [5.41, 5.74) is 9.47. The minimum atomic E-state index is 1.14. The SMILES string of the molecule is Cc1ccc(N(c2ccccc2)c2ccc(-c3ccc(N(c4ccccc4)c4ccc(C)cc4)s3)cc2)cc1. The minimum Gasteiger partial charge on any atom is -0.311 e. The van der Waals surface area contributed by atoms with Gasteiger partial charge in [-0.3, -0.25) is 0 Å². The minimum absolute atomic E-state index is 1.14. The molecular formula is C36H30N2S. The molecule has 0 N–H and O–H groups in total. The van der Waals surface area contributed by atoms with E-state index in [2.05, 4.69) is 169 Å². The van der Waals surface area contributed by atoms with Gasteiger partial charge in [0.2, 0.25) is 0 Å². The molecule has 0 unspecified atom stereocenters. The van der Waals surface area contributed by atoms with Crippen LogP contribution in [0.3, 0.4) is 0 Å². The second-order valence-electron chi connectivity index (χ2n) is 9.70. The molecule has 6 rings (SSSR count). The average molecular weight is 523 g/mol. The molecule has 0 bridgehead atoms. The van der Waals surface area contributed by atoms with E-state index in [-0.39, 0.29) is 0 Å². The van der Waals surface area contributed by atoms with E-state index in [0.717, 1.165) is 28.4 Å². The lowest BCUT2D eigenvalue weighted by molar-refractivity contribution is 1.28. The lowest BCUT2D eigenvalue weighted by atomic mass is 10.1. The van der Waals surface area contributed by atoms with Gasteiger partial charge in [0.25, 0.3) is 0 Å². The smallest absolute Gasteiger partial charge is 0.101 e. The van der Waals surface area contributed by atoms with Crippen LogP contribution in [-0.2, 0) is 0 Å². The van der Waals surface area contributed by atoms with Crippen LogP contribution in [0.2, 0.25) is 0 Å². The van der Waals surface area contributed by atoms with Crippen molar-refractivity contribution in [1.29, 1.82) is 0 Å². The number of nitrogens with zero attached hydrogens (tertiary/aromatic N) is 2. The van der Waals surface area contributed by atoms with Crippen molar-refractivity contribution in [3.8, 4) is 10.4 Å². The largest absolute Gasteiger partial charge is 0.311 e. The lowest BCUT2D eigenvalue weighted by Crippen LogP contribution is -2.09. The maximum absolute atomic E-state index is 2.33. The standard InChI is InChI=1S/C36H30N2S/c1-27-13-19-32(20-14-27)37(30-9-5-3-6-10-30)33-23-17-29(18-24-33)35-25-26-36(39-35)38(31-11-7-4-8-12-31)34-21-15-28(2)16-22-34/h3-26H,1-2H3. The normalized spacial score (nSPS) is 10.8. The third-order valence-corrected chi connectivity index (χ3v) is 7.95. The van der Waals surface area contributed by atoms with Gasteiger partial charge >= 0.3 is 0 Å². The Hall–Kier alpha value is -4.60. The fourth-order valence-electron chi connectivity index (χ4n) is 4.77. The van der Waals surface area contributed by atoms with Crippen LogP contribution >= 0.6 is 11.3 Å². The third kappa shape index (κ3) is 5.36. The predicted molar refractivity (Wildman–Crippen MR) is 169 cm³/mol. The van der Waals surface area contributed by atoms with Crippen LogP contribution in [0.5, 0.6) is 0 Å². The van der Waals surface area contributed by atoms with Crippen molar-refractivity contribution in [1.82, 2.24) is 0 Å². The Bertz CT molecular complexity index is 1640. The van der Waals surface area contributed by atoms with Gasteiger partial charge in [0.15, 0.2) is 0 Å². The van der Waals surface area contributed by atoms with E-state index < -0.39 is 0 Å². The molecule has 190 valence electrons. The molecule has 1 heterocycles. The van der Waals surface area contributed by atoms with Gasteiger partial charge in [-0.2, -0.15) is 0 Å². The number of anilines is 6. The van der Waals surface area contributed by atoms with Gasteiger partial charge in [0, 0.05) is 33.3 Å². The van der Waals surface area contributed by atoms with Crippen LogP contribution in [0.4, 0.5) is 33.4 Å². The Morgan fingerprint density at radius 2 is 0.795 bits per heavy atom. The van der Waals surface area contributed by atoms with Crippen molar-refractivity contribution in [3.63, 3.8) is 0 Å². The van der Waals surface area contributed by atoms with Crippen molar-refractivity contribution in [2.75, 3.05) is 9.80 Å². The van der Waals surface area contributed by atoms with Crippen molar-refractivity contribution in [2.24, 2.45) is 0 Å². The van der Waals surface area contributed by atoms with E-state index in [1.165, 1.54) is 26.6 Å². The van der Waals surface area contributed by atoms with E-state index in [1.54, 1.807) is 0 Å². The van der Waals surface area contributed by atoms with Crippen LogP contribution in [0.1, 0.15) is 11.1 Å². The van der Waals surface area contributed by atoms with Gasteiger partial charge < -0.3 is 9.80 Å². The van der Waals surface area contributed by atoms with Crippen molar-refractivity contribution >= 4 is 44.8 Å². The Morgan fingerprint density at radius 1 is 0.385 bits per heavy atom. The summed E-state index contributed by atoms with van der Waals surface area (Å²) < 4.78 is 0. The van der Waals surface area contributed by atoms with Crippen LogP contribution in [-0.4, -0.2) is 0 Å². The molecule has 0 spiro atoms. The monoisotopic (exact) mass is 522 g/mol. The summed E-state index contributed by atoms with van der Waals surface area (Å²) in [7, 11) is 0. The van der Waals surface area contributed by atoms with E-state index in [4.69, 9.17) is 0 Å². The van der Waals surface area contributed by atoms with Gasteiger partial charge in [0.1, 0.15) is 5.00 Å². The molecule has 6 aromatic rings. The summed E-state index contributed by atoms with van der Waals surface area (Å²) in [4.78, 5) is 5.87. The Labute approximate surface area is 235 Å². The van der Waals surface area contributed by atoms with Crippen LogP contribution in [0.15, 0.2) is 146 Å². The number of hydrogen-bond acceptors (Lipinski definition) is 3. The summed E-state index contributed by atoms with van der Waals surface area (Å²) in [5, 5.41) is 1.19. The van der Waals surface area contributed by atoms with Crippen LogP contribution in [0, 0.1) is 13.8 Å². The summed E-state index contributed by atoms with van der Waals surface area (Å²) in [6.45, 7) is 4.25. The first-order chi connectivity index (χ1) is 19.2. The zero-order chi connectivity index (χ0) is 26.6. The van der Waals surface area contributed by atoms with E-state index in [1.807, 2.05) is 11.3 Å². The Kier molecular flexibility index (Phi) is 6.99. The first-order valence-electron chi connectivity index (χ1n) is 13.2. The molecule has 1 aromatic heterocycles. The second-order valence-corrected chi connectivity index (χ2v) is 10.8. The average Bonchev–Trinajstić information content (AvgIpc) is 3.47. The fourth-order valence-corrected chi connectivity index (χ4v) is 5.82. The highest BCUT2D eigenvalue weighted by atomic mass is 32.1. The number of benzene rings is 5. The van der Waals surface area contributed by atoms with E-state index >= 15 is 0 Å². The van der Waals surface area contributed by atoms with Gasteiger partial charge in [-0.25, -0.2) is 0 Å². The van der Waals surface area contributed by atoms with Crippen molar-refractivity contribution in [3.05, 3.63) is 157 Å². The number of rotatable bonds is 7. The molecule has 3 heteroatoms. The molecule has 0 amide bonds. The first-order valence-corrected chi connectivity index (χ1v) is 14.0. The Morgan fingerprint density at radius 3 is 1.31 bits per heavy atom. The number of aryl methyl sites for hydroxylation is 2. The molecule has 2 nitrogen and oxygen atoms in total. The molecule has 39 heavy (non-hydrogen) atoms. The molecule has 0 aliphatic heterocycles. The van der Waals surface area contributed by atoms with Gasteiger partial charge in [-0.15, -0.1) is 11.3 Å². The molecule has 0 fully saturated rings. The number of hydrogen-bond donors (Lipinski definition) is 0. The van der Waals surface area contributed by atoms with Gasteiger partial charge in [0.05, 0.1) is 0 Å². The number of para-hydroxylation sites is 2. The highest BCUT2D eigenvalue weighted by Crippen LogP contribution is 2.42. The predicted octanol–water partition coefficient (Wildman–Crippen LogP) is 11.0. The van der Waals surface area contributed by atoms with E-state index in [9.17, 15) is 0 Å². The quantitative estimate of drug-likeness (QED) is 0.206. The Balaban J connectivity index is 1.34. The molecule has 0 radical (unpaired) electrons. The summed E-state index contributed by atoms with van der Waals surface area (Å²) in [6.07, 6.45) is 0. The second kappa shape index (κ2) is 11.0. The highest BCUT2D eigenvalue weighted by Gasteiger charge is 2.16. The fraction of sp³-hybridized carbons (Fsp3) is 0.0556. The zero-order valence-corrected chi connectivity index (χ0v) is 23.0. The van der Waals surface area contributed by atoms with Crippen LogP contribution in [0.25, 0.3) is 10.4 Å². The van der Waals surface area contributed by atoms with Gasteiger partial charge in [-0.05, 0) is 92.2 Å². The highest BCUT2D eigenvalue weighted by molar-refractivity contribution is 7.19. The molecule has 0 aliphatic rings. The summed E-state index contributed by atoms with van der Waals surface area (Å²) in [5.74, 6) is 0. The molecule has 0 saturated carbocycles.